The molecule has 2 N–H and O–H groups in total. The van der Waals surface area contributed by atoms with Crippen molar-refractivity contribution in [3.8, 4) is 0 Å². The number of hydrogen-bond donors (Lipinski definition) is 2. The van der Waals surface area contributed by atoms with Gasteiger partial charge in [0.25, 0.3) is 0 Å². The molecule has 1 aromatic carbocycles. The first-order valence-electron chi connectivity index (χ1n) is 5.62. The van der Waals surface area contributed by atoms with Crippen LogP contribution in [0.5, 0.6) is 0 Å². The van der Waals surface area contributed by atoms with Gasteiger partial charge in [0.15, 0.2) is 0 Å². The molecule has 2 rings (SSSR count). The van der Waals surface area contributed by atoms with Gasteiger partial charge in [-0.1, -0.05) is 41.2 Å². The molecule has 0 saturated carbocycles. The number of H-pyrrole nitrogens is 1. The summed E-state index contributed by atoms with van der Waals surface area (Å²) in [4.78, 5) is 13.8. The minimum atomic E-state index is 0.00464. The average Bonchev–Trinajstić information content (AvgIpc) is 2.72. The molecule has 0 radical (unpaired) electrons. The van der Waals surface area contributed by atoms with Gasteiger partial charge in [0, 0.05) is 23.7 Å². The van der Waals surface area contributed by atoms with Crippen molar-refractivity contribution in [1.29, 1.82) is 0 Å². The lowest BCUT2D eigenvalue weighted by molar-refractivity contribution is 0.568. The molecule has 0 saturated heterocycles. The van der Waals surface area contributed by atoms with Crippen LogP contribution in [0.25, 0.3) is 0 Å². The third-order valence-electron chi connectivity index (χ3n) is 2.71. The highest BCUT2D eigenvalue weighted by Gasteiger charge is 2.05. The largest absolute Gasteiger partial charge is 0.315 e. The summed E-state index contributed by atoms with van der Waals surface area (Å²) in [6, 6.07) is 8.72. The van der Waals surface area contributed by atoms with Crippen LogP contribution in [0.2, 0.25) is 0 Å². The van der Waals surface area contributed by atoms with Crippen molar-refractivity contribution in [3.63, 3.8) is 0 Å². The Morgan fingerprint density at radius 1 is 1.47 bits per heavy atom. The molecule has 3 nitrogen and oxygen atoms in total. The molecule has 0 aliphatic rings. The van der Waals surface area contributed by atoms with Crippen LogP contribution in [0, 0.1) is 6.92 Å². The zero-order valence-electron chi connectivity index (χ0n) is 9.99. The van der Waals surface area contributed by atoms with E-state index in [-0.39, 0.29) is 10.9 Å². The van der Waals surface area contributed by atoms with E-state index in [1.54, 1.807) is 0 Å². The number of thiazole rings is 1. The Labute approximate surface area is 105 Å². The molecule has 17 heavy (non-hydrogen) atoms. The Balaban J connectivity index is 1.97. The molecule has 0 fully saturated rings. The van der Waals surface area contributed by atoms with Gasteiger partial charge in [-0.2, -0.15) is 0 Å². The molecular formula is C13H16N2OS. The topological polar surface area (TPSA) is 44.9 Å². The first-order chi connectivity index (χ1) is 8.15. The summed E-state index contributed by atoms with van der Waals surface area (Å²) in [5.41, 5.74) is 3.47. The summed E-state index contributed by atoms with van der Waals surface area (Å²) in [5, 5.41) is 5.25. The van der Waals surface area contributed by atoms with Crippen LogP contribution in [0.4, 0.5) is 0 Å². The number of aromatic amines is 1. The molecular weight excluding hydrogens is 232 g/mol. The maximum Gasteiger partial charge on any atom is 0.304 e. The predicted molar refractivity (Wildman–Crippen MR) is 71.4 cm³/mol. The van der Waals surface area contributed by atoms with Crippen molar-refractivity contribution < 1.29 is 0 Å². The Morgan fingerprint density at radius 2 is 2.29 bits per heavy atom. The van der Waals surface area contributed by atoms with Crippen molar-refractivity contribution in [2.75, 3.05) is 0 Å². The first kappa shape index (κ1) is 12.1. The SMILES string of the molecule is Cc1cccc(C(C)NCc2csc(=O)[nH]2)c1. The fourth-order valence-electron chi connectivity index (χ4n) is 1.72. The summed E-state index contributed by atoms with van der Waals surface area (Å²) in [7, 11) is 0. The normalized spacial score (nSPS) is 12.6. The zero-order valence-corrected chi connectivity index (χ0v) is 10.8. The number of rotatable bonds is 4. The Kier molecular flexibility index (Phi) is 3.76. The summed E-state index contributed by atoms with van der Waals surface area (Å²) >= 11 is 1.20. The standard InChI is InChI=1S/C13H16N2OS/c1-9-4-3-5-11(6-9)10(2)14-7-12-8-17-13(16)15-12/h3-6,8,10,14H,7H2,1-2H3,(H,15,16). The lowest BCUT2D eigenvalue weighted by atomic mass is 10.1. The molecule has 1 unspecified atom stereocenters. The maximum atomic E-state index is 11.0. The molecule has 0 aliphatic carbocycles. The van der Waals surface area contributed by atoms with E-state index >= 15 is 0 Å². The highest BCUT2D eigenvalue weighted by molar-refractivity contribution is 7.07. The van der Waals surface area contributed by atoms with E-state index < -0.39 is 0 Å². The van der Waals surface area contributed by atoms with E-state index in [1.807, 2.05) is 5.38 Å². The third-order valence-corrected chi connectivity index (χ3v) is 3.43. The minimum Gasteiger partial charge on any atom is -0.315 e. The van der Waals surface area contributed by atoms with Crippen molar-refractivity contribution in [2.45, 2.75) is 26.4 Å². The second-order valence-electron chi connectivity index (χ2n) is 4.19. The van der Waals surface area contributed by atoms with Gasteiger partial charge >= 0.3 is 4.87 Å². The van der Waals surface area contributed by atoms with Gasteiger partial charge in [-0.3, -0.25) is 4.79 Å². The van der Waals surface area contributed by atoms with Crippen molar-refractivity contribution in [1.82, 2.24) is 10.3 Å². The Hall–Kier alpha value is -1.39. The van der Waals surface area contributed by atoms with Crippen LogP contribution < -0.4 is 10.2 Å². The number of benzene rings is 1. The average molecular weight is 248 g/mol. The van der Waals surface area contributed by atoms with Gasteiger partial charge in [0.2, 0.25) is 0 Å². The van der Waals surface area contributed by atoms with Gasteiger partial charge in [0.1, 0.15) is 0 Å². The molecule has 4 heteroatoms. The van der Waals surface area contributed by atoms with E-state index in [0.29, 0.717) is 6.54 Å². The van der Waals surface area contributed by atoms with E-state index in [9.17, 15) is 4.79 Å². The quantitative estimate of drug-likeness (QED) is 0.873. The smallest absolute Gasteiger partial charge is 0.304 e. The summed E-state index contributed by atoms with van der Waals surface area (Å²) in [6.45, 7) is 4.90. The van der Waals surface area contributed by atoms with Crippen LogP contribution in [-0.2, 0) is 6.54 Å². The maximum absolute atomic E-state index is 11.0. The number of aryl methyl sites for hydroxylation is 1. The minimum absolute atomic E-state index is 0.00464. The van der Waals surface area contributed by atoms with Gasteiger partial charge in [-0.25, -0.2) is 0 Å². The molecule has 0 amide bonds. The van der Waals surface area contributed by atoms with E-state index in [0.717, 1.165) is 5.69 Å². The van der Waals surface area contributed by atoms with Crippen molar-refractivity contribution in [2.24, 2.45) is 0 Å². The molecule has 1 atom stereocenters. The third kappa shape index (κ3) is 3.28. The molecule has 0 spiro atoms. The van der Waals surface area contributed by atoms with Gasteiger partial charge < -0.3 is 10.3 Å². The molecule has 1 heterocycles. The fraction of sp³-hybridized carbons (Fsp3) is 0.308. The Morgan fingerprint density at radius 3 is 2.94 bits per heavy atom. The Bertz CT molecular complexity index is 544. The highest BCUT2D eigenvalue weighted by Crippen LogP contribution is 2.14. The van der Waals surface area contributed by atoms with E-state index in [1.165, 1.54) is 22.5 Å². The van der Waals surface area contributed by atoms with E-state index in [4.69, 9.17) is 0 Å². The second-order valence-corrected chi connectivity index (χ2v) is 5.03. The zero-order chi connectivity index (χ0) is 12.3. The summed E-state index contributed by atoms with van der Waals surface area (Å²) < 4.78 is 0. The molecule has 1 aromatic heterocycles. The van der Waals surface area contributed by atoms with Gasteiger partial charge in [-0.05, 0) is 19.4 Å². The number of nitrogens with one attached hydrogen (secondary N) is 2. The predicted octanol–water partition coefficient (Wildman–Crippen LogP) is 2.60. The molecule has 90 valence electrons. The lowest BCUT2D eigenvalue weighted by Gasteiger charge is -2.14. The molecule has 0 bridgehead atoms. The van der Waals surface area contributed by atoms with Crippen molar-refractivity contribution >= 4 is 11.3 Å². The van der Waals surface area contributed by atoms with Crippen LogP contribution in [0.1, 0.15) is 29.8 Å². The summed E-state index contributed by atoms with van der Waals surface area (Å²) in [6.07, 6.45) is 0. The van der Waals surface area contributed by atoms with E-state index in [2.05, 4.69) is 48.4 Å². The van der Waals surface area contributed by atoms with Crippen LogP contribution >= 0.6 is 11.3 Å². The second kappa shape index (κ2) is 5.29. The lowest BCUT2D eigenvalue weighted by Crippen LogP contribution is -2.18. The highest BCUT2D eigenvalue weighted by atomic mass is 32.1. The van der Waals surface area contributed by atoms with Crippen molar-refractivity contribution in [3.05, 3.63) is 56.1 Å². The van der Waals surface area contributed by atoms with Gasteiger partial charge in [0.05, 0.1) is 0 Å². The first-order valence-corrected chi connectivity index (χ1v) is 6.50. The number of aromatic nitrogens is 1. The van der Waals surface area contributed by atoms with Crippen LogP contribution in [0.3, 0.4) is 0 Å². The summed E-state index contributed by atoms with van der Waals surface area (Å²) in [5.74, 6) is 0. The van der Waals surface area contributed by atoms with Crippen LogP contribution in [-0.4, -0.2) is 4.98 Å². The molecule has 0 aliphatic heterocycles. The van der Waals surface area contributed by atoms with Gasteiger partial charge in [-0.15, -0.1) is 0 Å². The molecule has 2 aromatic rings. The monoisotopic (exact) mass is 248 g/mol. The fourth-order valence-corrected chi connectivity index (χ4v) is 2.30. The number of hydrogen-bond acceptors (Lipinski definition) is 3. The van der Waals surface area contributed by atoms with Crippen LogP contribution in [0.15, 0.2) is 34.4 Å².